The van der Waals surface area contributed by atoms with E-state index in [2.05, 4.69) is 21.4 Å². The third-order valence-corrected chi connectivity index (χ3v) is 5.49. The Kier molecular flexibility index (Phi) is 7.46. The molecule has 0 radical (unpaired) electrons. The van der Waals surface area contributed by atoms with E-state index in [-0.39, 0.29) is 11.7 Å². The van der Waals surface area contributed by atoms with Crippen LogP contribution in [0.3, 0.4) is 0 Å². The van der Waals surface area contributed by atoms with Crippen LogP contribution in [-0.2, 0) is 16.2 Å². The number of piperidine rings is 1. The quantitative estimate of drug-likeness (QED) is 0.413. The van der Waals surface area contributed by atoms with Crippen molar-refractivity contribution in [3.05, 3.63) is 64.7 Å². The standard InChI is InChI=1S/C24H32N4O2/c1-17-9-7-10-18(2)22(17)26-24(29)19(3)30-27-23(25)21-12-8-11-20(15-21)16-28-13-5-4-6-14-28/h7-12,15,19H,4-6,13-14,16H2,1-3H3,(H2,25,27)(H,26,29). The van der Waals surface area contributed by atoms with Gasteiger partial charge in [-0.1, -0.05) is 48.0 Å². The second-order valence-corrected chi connectivity index (χ2v) is 8.02. The maximum Gasteiger partial charge on any atom is 0.268 e. The Morgan fingerprint density at radius 1 is 1.13 bits per heavy atom. The van der Waals surface area contributed by atoms with E-state index in [9.17, 15) is 4.79 Å². The average molecular weight is 409 g/mol. The molecule has 1 aliphatic heterocycles. The molecular weight excluding hydrogens is 376 g/mol. The summed E-state index contributed by atoms with van der Waals surface area (Å²) in [4.78, 5) is 20.4. The fraction of sp³-hybridized carbons (Fsp3) is 0.417. The van der Waals surface area contributed by atoms with Crippen LogP contribution in [0.1, 0.15) is 48.4 Å². The summed E-state index contributed by atoms with van der Waals surface area (Å²) in [7, 11) is 0. The van der Waals surface area contributed by atoms with Gasteiger partial charge >= 0.3 is 0 Å². The highest BCUT2D eigenvalue weighted by Crippen LogP contribution is 2.20. The molecule has 30 heavy (non-hydrogen) atoms. The number of likely N-dealkylation sites (tertiary alicyclic amines) is 1. The van der Waals surface area contributed by atoms with E-state index in [4.69, 9.17) is 10.6 Å². The molecule has 1 unspecified atom stereocenters. The van der Waals surface area contributed by atoms with Gasteiger partial charge < -0.3 is 15.9 Å². The van der Waals surface area contributed by atoms with Gasteiger partial charge in [0.05, 0.1) is 0 Å². The van der Waals surface area contributed by atoms with Crippen LogP contribution in [0.2, 0.25) is 0 Å². The molecule has 0 aliphatic carbocycles. The molecule has 1 amide bonds. The van der Waals surface area contributed by atoms with E-state index >= 15 is 0 Å². The maximum absolute atomic E-state index is 12.5. The number of carbonyl (C=O) groups excluding carboxylic acids is 1. The number of anilines is 1. The van der Waals surface area contributed by atoms with Gasteiger partial charge in [0.15, 0.2) is 5.84 Å². The lowest BCUT2D eigenvalue weighted by atomic mass is 10.1. The summed E-state index contributed by atoms with van der Waals surface area (Å²) in [5, 5.41) is 6.93. The molecule has 1 saturated heterocycles. The second kappa shape index (κ2) is 10.3. The number of nitrogens with one attached hydrogen (secondary N) is 1. The Morgan fingerprint density at radius 3 is 2.50 bits per heavy atom. The fourth-order valence-electron chi connectivity index (χ4n) is 3.68. The van der Waals surface area contributed by atoms with E-state index in [1.54, 1.807) is 6.92 Å². The van der Waals surface area contributed by atoms with Crippen molar-refractivity contribution in [2.24, 2.45) is 10.9 Å². The fourth-order valence-corrected chi connectivity index (χ4v) is 3.68. The first-order valence-electron chi connectivity index (χ1n) is 10.6. The van der Waals surface area contributed by atoms with Crippen LogP contribution in [-0.4, -0.2) is 35.8 Å². The van der Waals surface area contributed by atoms with Crippen molar-refractivity contribution in [2.45, 2.75) is 52.7 Å². The minimum atomic E-state index is -0.765. The van der Waals surface area contributed by atoms with Gasteiger partial charge in [0.2, 0.25) is 6.10 Å². The van der Waals surface area contributed by atoms with Crippen molar-refractivity contribution in [2.75, 3.05) is 18.4 Å². The molecule has 2 aromatic rings. The number of nitrogens with zero attached hydrogens (tertiary/aromatic N) is 2. The van der Waals surface area contributed by atoms with E-state index < -0.39 is 6.10 Å². The van der Waals surface area contributed by atoms with Crippen LogP contribution in [0.4, 0.5) is 5.69 Å². The summed E-state index contributed by atoms with van der Waals surface area (Å²) < 4.78 is 0. The van der Waals surface area contributed by atoms with E-state index in [1.165, 1.54) is 24.8 Å². The van der Waals surface area contributed by atoms with Crippen molar-refractivity contribution < 1.29 is 9.63 Å². The maximum atomic E-state index is 12.5. The highest BCUT2D eigenvalue weighted by atomic mass is 16.6. The number of benzene rings is 2. The van der Waals surface area contributed by atoms with Crippen molar-refractivity contribution >= 4 is 17.4 Å². The predicted octanol–water partition coefficient (Wildman–Crippen LogP) is 3.95. The van der Waals surface area contributed by atoms with Crippen LogP contribution < -0.4 is 11.1 Å². The number of para-hydroxylation sites is 1. The van der Waals surface area contributed by atoms with Crippen molar-refractivity contribution in [1.82, 2.24) is 4.90 Å². The highest BCUT2D eigenvalue weighted by Gasteiger charge is 2.17. The van der Waals surface area contributed by atoms with Crippen LogP contribution in [0.5, 0.6) is 0 Å². The Labute approximate surface area is 179 Å². The third kappa shape index (κ3) is 5.83. The number of amides is 1. The number of aryl methyl sites for hydroxylation is 2. The first-order chi connectivity index (χ1) is 14.4. The molecule has 1 aliphatic rings. The van der Waals surface area contributed by atoms with Crippen LogP contribution in [0, 0.1) is 13.8 Å². The molecular formula is C24H32N4O2. The zero-order valence-corrected chi connectivity index (χ0v) is 18.1. The normalized spacial score (nSPS) is 16.2. The number of rotatable bonds is 7. The van der Waals surface area contributed by atoms with Gasteiger partial charge in [0.1, 0.15) is 0 Å². The van der Waals surface area contributed by atoms with Crippen LogP contribution >= 0.6 is 0 Å². The van der Waals surface area contributed by atoms with Crippen molar-refractivity contribution in [3.8, 4) is 0 Å². The predicted molar refractivity (Wildman–Crippen MR) is 121 cm³/mol. The molecule has 1 atom stereocenters. The summed E-state index contributed by atoms with van der Waals surface area (Å²) in [5.74, 6) is 0.00464. The lowest BCUT2D eigenvalue weighted by Gasteiger charge is -2.26. The van der Waals surface area contributed by atoms with Gasteiger partial charge in [-0.05, 0) is 69.5 Å². The molecule has 1 fully saturated rings. The molecule has 6 heteroatoms. The molecule has 160 valence electrons. The van der Waals surface area contributed by atoms with Gasteiger partial charge in [-0.25, -0.2) is 0 Å². The highest BCUT2D eigenvalue weighted by molar-refractivity contribution is 5.98. The van der Waals surface area contributed by atoms with Gasteiger partial charge in [0, 0.05) is 17.8 Å². The number of amidine groups is 1. The molecule has 0 spiro atoms. The molecule has 3 rings (SSSR count). The lowest BCUT2D eigenvalue weighted by molar-refractivity contribution is -0.126. The Bertz CT molecular complexity index is 884. The van der Waals surface area contributed by atoms with Crippen molar-refractivity contribution in [1.29, 1.82) is 0 Å². The molecule has 2 aromatic carbocycles. The molecule has 0 aromatic heterocycles. The summed E-state index contributed by atoms with van der Waals surface area (Å²) in [6, 6.07) is 13.9. The van der Waals surface area contributed by atoms with Gasteiger partial charge in [-0.3, -0.25) is 9.69 Å². The van der Waals surface area contributed by atoms with Gasteiger partial charge in [-0.2, -0.15) is 0 Å². The minimum Gasteiger partial charge on any atom is -0.381 e. The third-order valence-electron chi connectivity index (χ3n) is 5.49. The summed E-state index contributed by atoms with van der Waals surface area (Å²) in [6.45, 7) is 8.78. The van der Waals surface area contributed by atoms with E-state index in [0.717, 1.165) is 42.0 Å². The first-order valence-corrected chi connectivity index (χ1v) is 10.6. The van der Waals surface area contributed by atoms with Crippen LogP contribution in [0.15, 0.2) is 47.6 Å². The monoisotopic (exact) mass is 408 g/mol. The molecule has 0 saturated carbocycles. The summed E-state index contributed by atoms with van der Waals surface area (Å²) in [5.41, 5.74) is 10.9. The minimum absolute atomic E-state index is 0.261. The van der Waals surface area contributed by atoms with Crippen LogP contribution in [0.25, 0.3) is 0 Å². The molecule has 3 N–H and O–H groups in total. The Balaban J connectivity index is 1.59. The number of hydrogen-bond donors (Lipinski definition) is 2. The number of carbonyl (C=O) groups is 1. The zero-order chi connectivity index (χ0) is 21.5. The molecule has 1 heterocycles. The first kappa shape index (κ1) is 21.8. The van der Waals surface area contributed by atoms with E-state index in [0.29, 0.717) is 0 Å². The average Bonchev–Trinajstić information content (AvgIpc) is 2.75. The topological polar surface area (TPSA) is 79.9 Å². The van der Waals surface area contributed by atoms with Crippen molar-refractivity contribution in [3.63, 3.8) is 0 Å². The lowest BCUT2D eigenvalue weighted by Crippen LogP contribution is -2.29. The number of nitrogens with two attached hydrogens (primary N) is 1. The Hall–Kier alpha value is -2.86. The second-order valence-electron chi connectivity index (χ2n) is 8.02. The molecule has 6 nitrogen and oxygen atoms in total. The summed E-state index contributed by atoms with van der Waals surface area (Å²) in [6.07, 6.45) is 3.08. The zero-order valence-electron chi connectivity index (χ0n) is 18.1. The largest absolute Gasteiger partial charge is 0.381 e. The SMILES string of the molecule is Cc1cccc(C)c1NC(=O)C(C)O/N=C(/N)c1cccc(CN2CCCCC2)c1. The van der Waals surface area contributed by atoms with E-state index in [1.807, 2.05) is 50.2 Å². The van der Waals surface area contributed by atoms with Gasteiger partial charge in [0.25, 0.3) is 5.91 Å². The Morgan fingerprint density at radius 2 is 1.80 bits per heavy atom. The van der Waals surface area contributed by atoms with Gasteiger partial charge in [-0.15, -0.1) is 0 Å². The number of oxime groups is 1. The summed E-state index contributed by atoms with van der Waals surface area (Å²) >= 11 is 0. The number of hydrogen-bond acceptors (Lipinski definition) is 4. The molecule has 0 bridgehead atoms. The smallest absolute Gasteiger partial charge is 0.268 e.